The molecule has 4 rings (SSSR count). The van der Waals surface area contributed by atoms with Crippen LogP contribution in [0.3, 0.4) is 0 Å². The molecular weight excluding hydrogens is 491 g/mol. The van der Waals surface area contributed by atoms with Crippen LogP contribution >= 0.6 is 0 Å². The fourth-order valence-electron chi connectivity index (χ4n) is 3.82. The zero-order valence-electron chi connectivity index (χ0n) is 20.1. The van der Waals surface area contributed by atoms with Gasteiger partial charge in [0.2, 0.25) is 0 Å². The highest BCUT2D eigenvalue weighted by Gasteiger charge is 2.38. The number of anilines is 1. The first-order valence-electron chi connectivity index (χ1n) is 11.5. The lowest BCUT2D eigenvalue weighted by Crippen LogP contribution is -2.49. The molecule has 37 heavy (non-hydrogen) atoms. The van der Waals surface area contributed by atoms with Crippen LogP contribution < -0.4 is 16.0 Å². The number of rotatable bonds is 5. The Kier molecular flexibility index (Phi) is 9.17. The fourth-order valence-corrected chi connectivity index (χ4v) is 3.82. The van der Waals surface area contributed by atoms with Crippen molar-refractivity contribution in [3.63, 3.8) is 0 Å². The Balaban J connectivity index is 0.000000479. The predicted octanol–water partition coefficient (Wildman–Crippen LogP) is 3.50. The number of benzene rings is 1. The molecule has 4 N–H and O–H groups in total. The van der Waals surface area contributed by atoms with Gasteiger partial charge in [0.1, 0.15) is 0 Å². The van der Waals surface area contributed by atoms with Crippen molar-refractivity contribution in [1.29, 1.82) is 0 Å². The van der Waals surface area contributed by atoms with Gasteiger partial charge in [-0.3, -0.25) is 14.6 Å². The number of halogens is 3. The fraction of sp³-hybridized carbons (Fsp3) is 0.375. The van der Waals surface area contributed by atoms with Crippen LogP contribution in [-0.4, -0.2) is 55.1 Å². The molecule has 1 aliphatic carbocycles. The second-order valence-corrected chi connectivity index (χ2v) is 8.55. The van der Waals surface area contributed by atoms with E-state index in [0.29, 0.717) is 12.4 Å². The van der Waals surface area contributed by atoms with E-state index in [2.05, 4.69) is 20.4 Å². The molecule has 1 aromatic carbocycles. The third-order valence-corrected chi connectivity index (χ3v) is 5.74. The summed E-state index contributed by atoms with van der Waals surface area (Å²) in [4.78, 5) is 32.9. The number of urea groups is 1. The van der Waals surface area contributed by atoms with Gasteiger partial charge in [-0.15, -0.1) is 0 Å². The van der Waals surface area contributed by atoms with Gasteiger partial charge in [0, 0.05) is 37.4 Å². The van der Waals surface area contributed by atoms with Crippen LogP contribution in [0.2, 0.25) is 0 Å². The van der Waals surface area contributed by atoms with Crippen molar-refractivity contribution in [2.24, 2.45) is 12.8 Å². The minimum absolute atomic E-state index is 0.0547. The third-order valence-electron chi connectivity index (χ3n) is 5.74. The number of carbonyl (C=O) groups is 2. The average Bonchev–Trinajstić information content (AvgIpc) is 3.31. The first kappa shape index (κ1) is 27.6. The molecule has 0 saturated heterocycles. The van der Waals surface area contributed by atoms with E-state index in [0.717, 1.165) is 42.5 Å². The number of nitrogens with zero attached hydrogens (tertiary/aromatic N) is 5. The Bertz CT molecular complexity index is 1160. The van der Waals surface area contributed by atoms with Crippen molar-refractivity contribution < 1.29 is 27.9 Å². The summed E-state index contributed by atoms with van der Waals surface area (Å²) < 4.78 is 33.5. The molecule has 2 amide bonds. The van der Waals surface area contributed by atoms with Gasteiger partial charge >= 0.3 is 18.2 Å². The van der Waals surface area contributed by atoms with Gasteiger partial charge in [-0.1, -0.05) is 30.3 Å². The van der Waals surface area contributed by atoms with Gasteiger partial charge in [0.25, 0.3) is 0 Å². The van der Waals surface area contributed by atoms with Crippen molar-refractivity contribution in [2.75, 3.05) is 4.90 Å². The maximum Gasteiger partial charge on any atom is 0.490 e. The Morgan fingerprint density at radius 1 is 1.11 bits per heavy atom. The topological polar surface area (TPSA) is 139 Å². The number of aryl methyl sites for hydroxylation is 1. The lowest BCUT2D eigenvalue weighted by Gasteiger charge is -2.35. The highest BCUT2D eigenvalue weighted by atomic mass is 19.4. The standard InChI is InChI=1S/C22H27N7O.C2HF3O2/c1-28-15-17(12-27-28)20-13-25-21(14-24-20)29(19-9-7-18(23)8-10-19)22(30)26-11-16-5-3-2-4-6-16;3-2(4,5)1(6)7/h2-6,12-15,18-19H,7-11,23H2,1H3,(H,26,30);(H,6,7)/t18-,19-;. The van der Waals surface area contributed by atoms with Gasteiger partial charge in [-0.05, 0) is 31.2 Å². The van der Waals surface area contributed by atoms with E-state index in [1.54, 1.807) is 28.2 Å². The molecule has 3 aromatic rings. The number of hydrogen-bond donors (Lipinski definition) is 3. The number of carbonyl (C=O) groups excluding carboxylic acids is 1. The summed E-state index contributed by atoms with van der Waals surface area (Å²) in [5.41, 5.74) is 8.74. The Labute approximate surface area is 211 Å². The molecule has 1 fully saturated rings. The third kappa shape index (κ3) is 8.00. The van der Waals surface area contributed by atoms with Crippen LogP contribution in [-0.2, 0) is 18.4 Å². The van der Waals surface area contributed by atoms with E-state index in [-0.39, 0.29) is 18.1 Å². The van der Waals surface area contributed by atoms with Crippen LogP contribution in [0.15, 0.2) is 55.1 Å². The number of carboxylic acids is 1. The molecule has 0 bridgehead atoms. The summed E-state index contributed by atoms with van der Waals surface area (Å²) in [6.07, 6.45) is 5.41. The molecule has 0 aliphatic heterocycles. The smallest absolute Gasteiger partial charge is 0.475 e. The van der Waals surface area contributed by atoms with Crippen LogP contribution in [0.5, 0.6) is 0 Å². The second-order valence-electron chi connectivity index (χ2n) is 8.55. The lowest BCUT2D eigenvalue weighted by atomic mass is 9.91. The summed E-state index contributed by atoms with van der Waals surface area (Å²) in [6.45, 7) is 0.462. The number of carboxylic acid groups (broad SMARTS) is 1. The highest BCUT2D eigenvalue weighted by molar-refractivity contribution is 5.91. The molecule has 0 unspecified atom stereocenters. The van der Waals surface area contributed by atoms with E-state index in [1.165, 1.54) is 0 Å². The molecule has 0 radical (unpaired) electrons. The number of nitrogens with two attached hydrogens (primary N) is 1. The molecule has 1 saturated carbocycles. The molecule has 1 aliphatic rings. The Morgan fingerprint density at radius 2 is 1.76 bits per heavy atom. The molecule has 10 nitrogen and oxygen atoms in total. The first-order chi connectivity index (χ1) is 17.5. The van der Waals surface area contributed by atoms with Crippen molar-refractivity contribution in [3.05, 3.63) is 60.7 Å². The van der Waals surface area contributed by atoms with Crippen LogP contribution in [0.1, 0.15) is 31.2 Å². The monoisotopic (exact) mass is 519 g/mol. The second kappa shape index (κ2) is 12.3. The molecule has 2 heterocycles. The van der Waals surface area contributed by atoms with Crippen LogP contribution in [0.25, 0.3) is 11.3 Å². The van der Waals surface area contributed by atoms with E-state index in [1.807, 2.05) is 43.6 Å². The summed E-state index contributed by atoms with van der Waals surface area (Å²) in [7, 11) is 1.86. The lowest BCUT2D eigenvalue weighted by molar-refractivity contribution is -0.192. The minimum atomic E-state index is -5.08. The first-order valence-corrected chi connectivity index (χ1v) is 11.5. The number of alkyl halides is 3. The summed E-state index contributed by atoms with van der Waals surface area (Å²) in [5, 5.41) is 14.3. The van der Waals surface area contributed by atoms with Crippen molar-refractivity contribution in [3.8, 4) is 11.3 Å². The highest BCUT2D eigenvalue weighted by Crippen LogP contribution is 2.27. The number of aromatic nitrogens is 4. The summed E-state index contributed by atoms with van der Waals surface area (Å²) >= 11 is 0. The predicted molar refractivity (Wildman–Crippen MR) is 129 cm³/mol. The van der Waals surface area contributed by atoms with Gasteiger partial charge in [0.05, 0.1) is 24.3 Å². The van der Waals surface area contributed by atoms with Crippen LogP contribution in [0.4, 0.5) is 23.8 Å². The summed E-state index contributed by atoms with van der Waals surface area (Å²) in [5.74, 6) is -2.21. The van der Waals surface area contributed by atoms with E-state index in [9.17, 15) is 18.0 Å². The van der Waals surface area contributed by atoms with Gasteiger partial charge < -0.3 is 16.2 Å². The molecule has 13 heteroatoms. The zero-order chi connectivity index (χ0) is 27.0. The quantitative estimate of drug-likeness (QED) is 0.469. The van der Waals surface area contributed by atoms with E-state index < -0.39 is 12.1 Å². The number of nitrogens with one attached hydrogen (secondary N) is 1. The molecular formula is C24H28F3N7O3. The van der Waals surface area contributed by atoms with Gasteiger partial charge in [-0.25, -0.2) is 14.6 Å². The van der Waals surface area contributed by atoms with Crippen molar-refractivity contribution >= 4 is 17.8 Å². The normalized spacial score (nSPS) is 17.3. The zero-order valence-corrected chi connectivity index (χ0v) is 20.1. The van der Waals surface area contributed by atoms with Crippen molar-refractivity contribution in [1.82, 2.24) is 25.1 Å². The molecule has 198 valence electrons. The van der Waals surface area contributed by atoms with E-state index in [4.69, 9.17) is 15.6 Å². The molecule has 2 aromatic heterocycles. The summed E-state index contributed by atoms with van der Waals surface area (Å²) in [6, 6.07) is 9.97. The maximum absolute atomic E-state index is 13.2. The van der Waals surface area contributed by atoms with Gasteiger partial charge in [0.15, 0.2) is 5.82 Å². The Morgan fingerprint density at radius 3 is 2.27 bits per heavy atom. The minimum Gasteiger partial charge on any atom is -0.475 e. The number of hydrogen-bond acceptors (Lipinski definition) is 6. The average molecular weight is 520 g/mol. The Hall–Kier alpha value is -4.00. The SMILES string of the molecule is Cn1cc(-c2cnc(N(C(=O)NCc3ccccc3)[C@H]3CC[C@H](N)CC3)cn2)cn1.O=C(O)C(F)(F)F. The maximum atomic E-state index is 13.2. The van der Waals surface area contributed by atoms with Crippen LogP contribution in [0, 0.1) is 0 Å². The number of aliphatic carboxylic acids is 1. The molecule has 0 atom stereocenters. The largest absolute Gasteiger partial charge is 0.490 e. The molecule has 0 spiro atoms. The number of amides is 2. The van der Waals surface area contributed by atoms with Crippen molar-refractivity contribution in [2.45, 2.75) is 50.5 Å². The van der Waals surface area contributed by atoms with E-state index >= 15 is 0 Å². The van der Waals surface area contributed by atoms with Gasteiger partial charge in [-0.2, -0.15) is 18.3 Å².